The van der Waals surface area contributed by atoms with Gasteiger partial charge in [0.15, 0.2) is 0 Å². The Morgan fingerprint density at radius 1 is 1.21 bits per heavy atom. The fourth-order valence-electron chi connectivity index (χ4n) is 3.24. The minimum Gasteiger partial charge on any atom is -0.372 e. The van der Waals surface area contributed by atoms with Crippen molar-refractivity contribution in [3.05, 3.63) is 64.2 Å². The van der Waals surface area contributed by atoms with Crippen molar-refractivity contribution in [3.63, 3.8) is 0 Å². The molecule has 0 aromatic heterocycles. The Balaban J connectivity index is 1.57. The molecule has 0 saturated heterocycles. The molecule has 2 aromatic rings. The minimum absolute atomic E-state index is 0.0539. The van der Waals surface area contributed by atoms with Gasteiger partial charge < -0.3 is 10.2 Å². The molecule has 0 saturated carbocycles. The zero-order valence-corrected chi connectivity index (χ0v) is 14.8. The molecular weight excluding hydrogens is 320 g/mol. The van der Waals surface area contributed by atoms with Crippen molar-refractivity contribution >= 4 is 23.2 Å². The molecule has 1 amide bonds. The lowest BCUT2D eigenvalue weighted by Gasteiger charge is -2.30. The molecule has 0 atom stereocenters. The molecule has 4 heteroatoms. The maximum Gasteiger partial charge on any atom is 0.251 e. The van der Waals surface area contributed by atoms with Gasteiger partial charge in [0.2, 0.25) is 0 Å². The Morgan fingerprint density at radius 2 is 2.00 bits per heavy atom. The zero-order chi connectivity index (χ0) is 16.9. The van der Waals surface area contributed by atoms with Gasteiger partial charge in [-0.25, -0.2) is 0 Å². The fraction of sp³-hybridized carbons (Fsp3) is 0.350. The summed E-state index contributed by atoms with van der Waals surface area (Å²) < 4.78 is 0. The van der Waals surface area contributed by atoms with Crippen molar-refractivity contribution in [1.29, 1.82) is 0 Å². The molecule has 0 aliphatic carbocycles. The molecule has 0 fully saturated rings. The van der Waals surface area contributed by atoms with Crippen LogP contribution in [0, 0.1) is 0 Å². The number of nitrogens with one attached hydrogen (secondary N) is 1. The monoisotopic (exact) mass is 342 g/mol. The fourth-order valence-corrected chi connectivity index (χ4v) is 3.36. The van der Waals surface area contributed by atoms with Crippen molar-refractivity contribution in [2.75, 3.05) is 24.5 Å². The molecule has 1 N–H and O–H groups in total. The lowest BCUT2D eigenvalue weighted by molar-refractivity contribution is 0.0954. The predicted molar refractivity (Wildman–Crippen MR) is 100 cm³/mol. The number of carbonyl (C=O) groups is 1. The van der Waals surface area contributed by atoms with E-state index < -0.39 is 0 Å². The number of hydrogen-bond acceptors (Lipinski definition) is 2. The Kier molecular flexibility index (Phi) is 5.41. The van der Waals surface area contributed by atoms with Crippen molar-refractivity contribution in [2.45, 2.75) is 26.2 Å². The van der Waals surface area contributed by atoms with Crippen molar-refractivity contribution in [1.82, 2.24) is 5.32 Å². The van der Waals surface area contributed by atoms with Crippen LogP contribution in [0.1, 0.15) is 34.8 Å². The van der Waals surface area contributed by atoms with Gasteiger partial charge in [-0.2, -0.15) is 0 Å². The van der Waals surface area contributed by atoms with E-state index in [1.165, 1.54) is 23.2 Å². The Bertz CT molecular complexity index is 712. The first-order valence-corrected chi connectivity index (χ1v) is 8.95. The summed E-state index contributed by atoms with van der Waals surface area (Å²) in [4.78, 5) is 14.5. The summed E-state index contributed by atoms with van der Waals surface area (Å²) in [5, 5.41) is 3.61. The average molecular weight is 343 g/mol. The molecule has 1 aliphatic rings. The predicted octanol–water partition coefficient (Wildman–Crippen LogP) is 4.09. The standard InChI is InChI=1S/C20H23ClN2O/c1-2-23-13-3-4-17-14-15(5-10-19(17)23)11-12-22-20(24)16-6-8-18(21)9-7-16/h5-10,14H,2-4,11-13H2,1H3,(H,22,24). The first kappa shape index (κ1) is 16.8. The lowest BCUT2D eigenvalue weighted by atomic mass is 9.98. The van der Waals surface area contributed by atoms with E-state index in [0.29, 0.717) is 17.1 Å². The SMILES string of the molecule is CCN1CCCc2cc(CCNC(=O)c3ccc(Cl)cc3)ccc21. The second-order valence-corrected chi connectivity index (χ2v) is 6.60. The quantitative estimate of drug-likeness (QED) is 0.887. The van der Waals surface area contributed by atoms with E-state index in [1.807, 2.05) is 0 Å². The molecule has 1 heterocycles. The molecular formula is C20H23ClN2O. The summed E-state index contributed by atoms with van der Waals surface area (Å²) in [6.07, 6.45) is 3.22. The number of amides is 1. The minimum atomic E-state index is -0.0539. The summed E-state index contributed by atoms with van der Waals surface area (Å²) in [5.74, 6) is -0.0539. The number of hydrogen-bond donors (Lipinski definition) is 1. The molecule has 3 rings (SSSR count). The van der Waals surface area contributed by atoms with Crippen molar-refractivity contribution in [3.8, 4) is 0 Å². The van der Waals surface area contributed by atoms with E-state index >= 15 is 0 Å². The van der Waals surface area contributed by atoms with Crippen molar-refractivity contribution < 1.29 is 4.79 Å². The van der Waals surface area contributed by atoms with Gasteiger partial charge in [0, 0.05) is 35.9 Å². The van der Waals surface area contributed by atoms with Gasteiger partial charge >= 0.3 is 0 Å². The van der Waals surface area contributed by atoms with E-state index in [0.717, 1.165) is 25.9 Å². The second-order valence-electron chi connectivity index (χ2n) is 6.16. The number of aryl methyl sites for hydroxylation is 1. The molecule has 2 aromatic carbocycles. The van der Waals surface area contributed by atoms with Gasteiger partial charge in [-0.1, -0.05) is 23.7 Å². The number of carbonyl (C=O) groups excluding carboxylic acids is 1. The first-order chi connectivity index (χ1) is 11.7. The van der Waals surface area contributed by atoms with Crippen LogP contribution in [-0.4, -0.2) is 25.5 Å². The number of nitrogens with zero attached hydrogens (tertiary/aromatic N) is 1. The third kappa shape index (κ3) is 3.90. The average Bonchev–Trinajstić information content (AvgIpc) is 2.61. The van der Waals surface area contributed by atoms with E-state index in [2.05, 4.69) is 35.3 Å². The summed E-state index contributed by atoms with van der Waals surface area (Å²) in [5.41, 5.74) is 4.73. The van der Waals surface area contributed by atoms with Crippen LogP contribution >= 0.6 is 11.6 Å². The number of rotatable bonds is 5. The Labute approximate surface area is 148 Å². The maximum absolute atomic E-state index is 12.1. The maximum atomic E-state index is 12.1. The van der Waals surface area contributed by atoms with E-state index in [9.17, 15) is 4.79 Å². The van der Waals surface area contributed by atoms with Crippen LogP contribution in [-0.2, 0) is 12.8 Å². The molecule has 126 valence electrons. The third-order valence-corrected chi connectivity index (χ3v) is 4.80. The molecule has 3 nitrogen and oxygen atoms in total. The van der Waals surface area contributed by atoms with E-state index in [4.69, 9.17) is 11.6 Å². The summed E-state index contributed by atoms with van der Waals surface area (Å²) >= 11 is 5.84. The lowest BCUT2D eigenvalue weighted by Crippen LogP contribution is -2.29. The number of anilines is 1. The van der Waals surface area contributed by atoms with Crippen LogP contribution < -0.4 is 10.2 Å². The number of fused-ring (bicyclic) bond motifs is 1. The van der Waals surface area contributed by atoms with Gasteiger partial charge in [-0.15, -0.1) is 0 Å². The highest BCUT2D eigenvalue weighted by Gasteiger charge is 2.15. The molecule has 0 unspecified atom stereocenters. The molecule has 0 bridgehead atoms. The van der Waals surface area contributed by atoms with E-state index in [-0.39, 0.29) is 5.91 Å². The molecule has 0 radical (unpaired) electrons. The first-order valence-electron chi connectivity index (χ1n) is 8.58. The largest absolute Gasteiger partial charge is 0.372 e. The number of halogens is 1. The Hall–Kier alpha value is -2.00. The van der Waals surface area contributed by atoms with Gasteiger partial charge in [0.25, 0.3) is 5.91 Å². The van der Waals surface area contributed by atoms with Crippen LogP contribution in [0.4, 0.5) is 5.69 Å². The molecule has 24 heavy (non-hydrogen) atoms. The highest BCUT2D eigenvalue weighted by atomic mass is 35.5. The summed E-state index contributed by atoms with van der Waals surface area (Å²) in [7, 11) is 0. The van der Waals surface area contributed by atoms with Gasteiger partial charge in [0.1, 0.15) is 0 Å². The third-order valence-electron chi connectivity index (χ3n) is 4.55. The van der Waals surface area contributed by atoms with Crippen molar-refractivity contribution in [2.24, 2.45) is 0 Å². The summed E-state index contributed by atoms with van der Waals surface area (Å²) in [6, 6.07) is 13.7. The Morgan fingerprint density at radius 3 is 2.75 bits per heavy atom. The smallest absolute Gasteiger partial charge is 0.251 e. The van der Waals surface area contributed by atoms with Crippen LogP contribution in [0.3, 0.4) is 0 Å². The van der Waals surface area contributed by atoms with Gasteiger partial charge in [-0.05, 0) is 67.6 Å². The van der Waals surface area contributed by atoms with E-state index in [1.54, 1.807) is 24.3 Å². The highest BCUT2D eigenvalue weighted by molar-refractivity contribution is 6.30. The highest BCUT2D eigenvalue weighted by Crippen LogP contribution is 2.27. The summed E-state index contributed by atoms with van der Waals surface area (Å²) in [6.45, 7) is 5.05. The van der Waals surface area contributed by atoms with Crippen LogP contribution in [0.25, 0.3) is 0 Å². The van der Waals surface area contributed by atoms with Crippen LogP contribution in [0.2, 0.25) is 5.02 Å². The van der Waals surface area contributed by atoms with Crippen LogP contribution in [0.15, 0.2) is 42.5 Å². The second kappa shape index (κ2) is 7.71. The van der Waals surface area contributed by atoms with Gasteiger partial charge in [0.05, 0.1) is 0 Å². The molecule has 1 aliphatic heterocycles. The number of benzene rings is 2. The molecule has 0 spiro atoms. The van der Waals surface area contributed by atoms with Gasteiger partial charge in [-0.3, -0.25) is 4.79 Å². The topological polar surface area (TPSA) is 32.3 Å². The zero-order valence-electron chi connectivity index (χ0n) is 14.0. The normalized spacial score (nSPS) is 13.5. The van der Waals surface area contributed by atoms with Crippen LogP contribution in [0.5, 0.6) is 0 Å².